The van der Waals surface area contributed by atoms with Gasteiger partial charge in [0.15, 0.2) is 0 Å². The van der Waals surface area contributed by atoms with Crippen molar-refractivity contribution in [2.24, 2.45) is 23.7 Å². The van der Waals surface area contributed by atoms with Gasteiger partial charge in [-0.2, -0.15) is 0 Å². The van der Waals surface area contributed by atoms with E-state index >= 15 is 0 Å². The summed E-state index contributed by atoms with van der Waals surface area (Å²) in [5.41, 5.74) is 2.81. The second-order valence-electron chi connectivity index (χ2n) is 7.55. The van der Waals surface area contributed by atoms with Crippen molar-refractivity contribution in [1.29, 1.82) is 0 Å². The largest absolute Gasteiger partial charge is 0.326 e. The number of nitrogens with one attached hydrogen (secondary N) is 1. The maximum atomic E-state index is 12.6. The molecule has 1 saturated heterocycles. The van der Waals surface area contributed by atoms with Gasteiger partial charge in [0.1, 0.15) is 0 Å². The van der Waals surface area contributed by atoms with Gasteiger partial charge in [-0.05, 0) is 55.4 Å². The quantitative estimate of drug-likeness (QED) is 0.605. The van der Waals surface area contributed by atoms with Gasteiger partial charge in [0.2, 0.25) is 17.7 Å². The van der Waals surface area contributed by atoms with E-state index in [1.54, 1.807) is 0 Å². The molecule has 2 fully saturated rings. The topological polar surface area (TPSA) is 66.5 Å². The number of aryl methyl sites for hydroxylation is 2. The summed E-state index contributed by atoms with van der Waals surface area (Å²) < 4.78 is 1.03. The Balaban J connectivity index is 1.38. The summed E-state index contributed by atoms with van der Waals surface area (Å²) >= 11 is 3.51. The Hall–Kier alpha value is -1.95. The number of benzene rings is 1. The smallest absolute Gasteiger partial charge is 0.233 e. The number of carbonyl (C=O) groups excluding carboxylic acids is 3. The van der Waals surface area contributed by atoms with E-state index in [9.17, 15) is 14.4 Å². The van der Waals surface area contributed by atoms with Crippen LogP contribution in [-0.4, -0.2) is 29.2 Å². The molecule has 136 valence electrons. The number of hydrogen-bond acceptors (Lipinski definition) is 3. The number of halogens is 1. The molecule has 4 atom stereocenters. The van der Waals surface area contributed by atoms with Crippen LogP contribution in [0, 0.1) is 37.5 Å². The minimum atomic E-state index is -0.197. The highest BCUT2D eigenvalue weighted by atomic mass is 79.9. The minimum Gasteiger partial charge on any atom is -0.326 e. The first-order valence-corrected chi connectivity index (χ1v) is 9.76. The minimum absolute atomic E-state index is 0.0972. The van der Waals surface area contributed by atoms with Crippen LogP contribution in [0.25, 0.3) is 0 Å². The van der Waals surface area contributed by atoms with Crippen LogP contribution in [0.3, 0.4) is 0 Å². The predicted molar refractivity (Wildman–Crippen MR) is 101 cm³/mol. The van der Waals surface area contributed by atoms with E-state index in [1.807, 2.05) is 26.0 Å². The van der Waals surface area contributed by atoms with Crippen LogP contribution in [0.1, 0.15) is 24.0 Å². The molecule has 0 spiro atoms. The van der Waals surface area contributed by atoms with Gasteiger partial charge in [0.05, 0.1) is 11.8 Å². The Bertz CT molecular complexity index is 794. The van der Waals surface area contributed by atoms with Gasteiger partial charge in [-0.1, -0.05) is 28.1 Å². The normalized spacial score (nSPS) is 28.8. The van der Waals surface area contributed by atoms with Gasteiger partial charge in [-0.15, -0.1) is 0 Å². The van der Waals surface area contributed by atoms with Gasteiger partial charge in [-0.25, -0.2) is 0 Å². The zero-order valence-corrected chi connectivity index (χ0v) is 16.4. The second-order valence-corrected chi connectivity index (χ2v) is 8.34. The van der Waals surface area contributed by atoms with Gasteiger partial charge < -0.3 is 5.32 Å². The molecule has 1 aromatic carbocycles. The molecule has 2 bridgehead atoms. The maximum Gasteiger partial charge on any atom is 0.233 e. The van der Waals surface area contributed by atoms with E-state index in [0.29, 0.717) is 0 Å². The van der Waals surface area contributed by atoms with E-state index in [-0.39, 0.29) is 54.4 Å². The summed E-state index contributed by atoms with van der Waals surface area (Å²) in [6.45, 7) is 4.09. The molecule has 3 amide bonds. The summed E-state index contributed by atoms with van der Waals surface area (Å²) in [5, 5.41) is 2.86. The van der Waals surface area contributed by atoms with Crippen LogP contribution >= 0.6 is 15.9 Å². The van der Waals surface area contributed by atoms with Gasteiger partial charge in [0.25, 0.3) is 0 Å². The zero-order valence-electron chi connectivity index (χ0n) is 14.8. The standard InChI is InChI=1S/C20H21BrN2O3/c1-10-7-14(8-11(2)18(10)21)22-15(24)5-6-23-19(25)16-12-3-4-13(9-12)17(16)20(23)26/h3-4,7-8,12-13,16-17H,5-6,9H2,1-2H3,(H,22,24)/t12-,13+,16-,17+. The molecule has 1 heterocycles. The highest BCUT2D eigenvalue weighted by molar-refractivity contribution is 9.10. The summed E-state index contributed by atoms with van der Waals surface area (Å²) in [5.74, 6) is -0.373. The number of nitrogens with zero attached hydrogens (tertiary/aromatic N) is 1. The number of rotatable bonds is 4. The summed E-state index contributed by atoms with van der Waals surface area (Å²) in [6, 6.07) is 3.80. The number of amides is 3. The molecular formula is C20H21BrN2O3. The van der Waals surface area contributed by atoms with E-state index in [2.05, 4.69) is 33.4 Å². The third-order valence-electron chi connectivity index (χ3n) is 5.84. The van der Waals surface area contributed by atoms with Crippen LogP contribution < -0.4 is 5.32 Å². The fraction of sp³-hybridized carbons (Fsp3) is 0.450. The fourth-order valence-corrected chi connectivity index (χ4v) is 4.87. The van der Waals surface area contributed by atoms with Crippen molar-refractivity contribution in [3.8, 4) is 0 Å². The average molecular weight is 417 g/mol. The second kappa shape index (κ2) is 6.34. The molecule has 1 aliphatic heterocycles. The molecule has 5 nitrogen and oxygen atoms in total. The fourth-order valence-electron chi connectivity index (χ4n) is 4.64. The third-order valence-corrected chi connectivity index (χ3v) is 7.10. The van der Waals surface area contributed by atoms with Gasteiger partial charge in [0, 0.05) is 23.1 Å². The molecule has 0 unspecified atom stereocenters. The molecule has 0 aromatic heterocycles. The lowest BCUT2D eigenvalue weighted by molar-refractivity contribution is -0.140. The lowest BCUT2D eigenvalue weighted by Crippen LogP contribution is -2.35. The molecule has 26 heavy (non-hydrogen) atoms. The number of anilines is 1. The highest BCUT2D eigenvalue weighted by Crippen LogP contribution is 2.52. The summed E-state index contributed by atoms with van der Waals surface area (Å²) in [7, 11) is 0. The van der Waals surface area contributed by atoms with Crippen molar-refractivity contribution in [2.75, 3.05) is 11.9 Å². The molecule has 3 aliphatic rings. The SMILES string of the molecule is Cc1cc(NC(=O)CCN2C(=O)[C@@H]3[C@H](C2=O)[C@@H]2C=C[C@H]3C2)cc(C)c1Br. The number of imide groups is 1. The number of likely N-dealkylation sites (tertiary alicyclic amines) is 1. The van der Waals surface area contributed by atoms with Gasteiger partial charge in [-0.3, -0.25) is 19.3 Å². The van der Waals surface area contributed by atoms with Crippen LogP contribution in [0.2, 0.25) is 0 Å². The highest BCUT2D eigenvalue weighted by Gasteiger charge is 2.58. The van der Waals surface area contributed by atoms with Crippen LogP contribution in [0.15, 0.2) is 28.8 Å². The van der Waals surface area contributed by atoms with Gasteiger partial charge >= 0.3 is 0 Å². The van der Waals surface area contributed by atoms with E-state index in [0.717, 1.165) is 27.7 Å². The summed E-state index contributed by atoms with van der Waals surface area (Å²) in [6.07, 6.45) is 5.19. The number of allylic oxidation sites excluding steroid dienone is 2. The monoisotopic (exact) mass is 416 g/mol. The molecule has 6 heteroatoms. The zero-order chi connectivity index (χ0) is 18.6. The van der Waals surface area contributed by atoms with E-state index in [1.165, 1.54) is 4.90 Å². The Kier molecular flexibility index (Phi) is 4.26. The molecule has 4 rings (SSSR count). The molecular weight excluding hydrogens is 396 g/mol. The Morgan fingerprint density at radius 1 is 1.12 bits per heavy atom. The molecule has 1 saturated carbocycles. The number of hydrogen-bond donors (Lipinski definition) is 1. The first kappa shape index (κ1) is 17.5. The van der Waals surface area contributed by atoms with Crippen molar-refractivity contribution in [2.45, 2.75) is 26.7 Å². The Morgan fingerprint density at radius 3 is 2.19 bits per heavy atom. The van der Waals surface area contributed by atoms with Crippen LogP contribution in [-0.2, 0) is 14.4 Å². The van der Waals surface area contributed by atoms with E-state index in [4.69, 9.17) is 0 Å². The van der Waals surface area contributed by atoms with Crippen LogP contribution in [0.5, 0.6) is 0 Å². The van der Waals surface area contributed by atoms with Crippen molar-refractivity contribution in [3.63, 3.8) is 0 Å². The number of fused-ring (bicyclic) bond motifs is 5. The maximum absolute atomic E-state index is 12.6. The van der Waals surface area contributed by atoms with Crippen molar-refractivity contribution in [1.82, 2.24) is 4.90 Å². The first-order valence-electron chi connectivity index (χ1n) is 8.97. The van der Waals surface area contributed by atoms with Crippen molar-refractivity contribution in [3.05, 3.63) is 39.9 Å². The third kappa shape index (κ3) is 2.71. The Labute approximate surface area is 160 Å². The molecule has 0 radical (unpaired) electrons. The lowest BCUT2D eigenvalue weighted by atomic mass is 9.85. The van der Waals surface area contributed by atoms with Crippen molar-refractivity contribution >= 4 is 39.3 Å². The molecule has 1 aromatic rings. The van der Waals surface area contributed by atoms with Crippen LogP contribution in [0.4, 0.5) is 5.69 Å². The first-order chi connectivity index (χ1) is 12.4. The molecule has 2 aliphatic carbocycles. The van der Waals surface area contributed by atoms with Crippen molar-refractivity contribution < 1.29 is 14.4 Å². The number of carbonyl (C=O) groups is 3. The Morgan fingerprint density at radius 2 is 1.65 bits per heavy atom. The lowest BCUT2D eigenvalue weighted by Gasteiger charge is -2.17. The predicted octanol–water partition coefficient (Wildman–Crippen LogP) is 3.20. The summed E-state index contributed by atoms with van der Waals surface area (Å²) in [4.78, 5) is 38.8. The molecule has 1 N–H and O–H groups in total. The average Bonchev–Trinajstić information content (AvgIpc) is 3.26. The van der Waals surface area contributed by atoms with E-state index < -0.39 is 0 Å².